The van der Waals surface area contributed by atoms with Crippen LogP contribution in [-0.4, -0.2) is 39.9 Å². The van der Waals surface area contributed by atoms with Gasteiger partial charge in [0, 0.05) is 36.1 Å². The second kappa shape index (κ2) is 8.90. The number of amides is 1. The molecule has 1 aliphatic carbocycles. The van der Waals surface area contributed by atoms with Crippen molar-refractivity contribution in [2.45, 2.75) is 52.5 Å². The molecule has 2 atom stereocenters. The molecule has 1 saturated carbocycles. The van der Waals surface area contributed by atoms with Crippen LogP contribution in [0.25, 0.3) is 0 Å². The van der Waals surface area contributed by atoms with Gasteiger partial charge in [-0.2, -0.15) is 9.36 Å². The van der Waals surface area contributed by atoms with Crippen molar-refractivity contribution in [3.63, 3.8) is 0 Å². The van der Waals surface area contributed by atoms with E-state index in [2.05, 4.69) is 35.0 Å². The van der Waals surface area contributed by atoms with Crippen LogP contribution in [0.15, 0.2) is 42.5 Å². The number of carbonyl (C=O) groups excluding carboxylic acids is 1. The Bertz CT molecular complexity index is 1240. The summed E-state index contributed by atoms with van der Waals surface area (Å²) in [5.74, 6) is 1.31. The van der Waals surface area contributed by atoms with Crippen LogP contribution < -0.4 is 9.47 Å². The first-order valence-corrected chi connectivity index (χ1v) is 12.6. The third kappa shape index (κ3) is 5.03. The molecule has 0 radical (unpaired) electrons. The predicted octanol–water partition coefficient (Wildman–Crippen LogP) is 6.11. The minimum atomic E-state index is -0.274. The van der Waals surface area contributed by atoms with Crippen LogP contribution in [0.2, 0.25) is 0 Å². The van der Waals surface area contributed by atoms with E-state index in [1.165, 1.54) is 12.1 Å². The van der Waals surface area contributed by atoms with Gasteiger partial charge in [-0.3, -0.25) is 4.79 Å². The fourth-order valence-corrected chi connectivity index (χ4v) is 6.54. The number of hydrogen-bond acceptors (Lipinski definition) is 6. The first-order valence-electron chi connectivity index (χ1n) is 11.9. The number of hydrogen-bond donors (Lipinski definition) is 0. The van der Waals surface area contributed by atoms with Gasteiger partial charge in [0.25, 0.3) is 11.1 Å². The molecular weight excluding hydrogens is 465 g/mol. The van der Waals surface area contributed by atoms with Crippen molar-refractivity contribution in [3.05, 3.63) is 65.2 Å². The molecular formula is C27H30FN3O3S. The third-order valence-electron chi connectivity index (χ3n) is 7.01. The van der Waals surface area contributed by atoms with Gasteiger partial charge < -0.3 is 14.4 Å². The molecule has 8 heteroatoms. The molecule has 2 fully saturated rings. The second-order valence-corrected chi connectivity index (χ2v) is 11.6. The fourth-order valence-electron chi connectivity index (χ4n) is 5.98. The number of rotatable bonds is 6. The third-order valence-corrected chi connectivity index (χ3v) is 7.64. The van der Waals surface area contributed by atoms with Gasteiger partial charge in [0.15, 0.2) is 17.3 Å². The summed E-state index contributed by atoms with van der Waals surface area (Å²) < 4.78 is 29.0. The number of carbonyl (C=O) groups is 1. The number of ether oxygens (including phenoxy) is 2. The maximum Gasteiger partial charge on any atom is 0.298 e. The number of likely N-dealkylation sites (tertiary alicyclic amines) is 1. The summed E-state index contributed by atoms with van der Waals surface area (Å²) in [6, 6.07) is 11.8. The Kier molecular flexibility index (Phi) is 6.03. The maximum atomic E-state index is 13.5. The SMILES string of the molecule is COc1cc(C(=O)N2CC3(C)CC2CC(C)(C)C3)ccc1Oc1nc(Cc2ccc(F)cc2)ns1. The van der Waals surface area contributed by atoms with Crippen LogP contribution in [0.1, 0.15) is 61.8 Å². The van der Waals surface area contributed by atoms with E-state index < -0.39 is 0 Å². The summed E-state index contributed by atoms with van der Waals surface area (Å²) in [7, 11) is 1.56. The highest BCUT2D eigenvalue weighted by atomic mass is 32.1. The van der Waals surface area contributed by atoms with E-state index in [0.717, 1.165) is 42.9 Å². The van der Waals surface area contributed by atoms with Gasteiger partial charge in [0.05, 0.1) is 7.11 Å². The molecule has 5 rings (SSSR count). The van der Waals surface area contributed by atoms with E-state index in [4.69, 9.17) is 9.47 Å². The summed E-state index contributed by atoms with van der Waals surface area (Å²) in [6.45, 7) is 7.71. The molecule has 1 aromatic heterocycles. The van der Waals surface area contributed by atoms with Crippen molar-refractivity contribution in [2.24, 2.45) is 10.8 Å². The Morgan fingerprint density at radius 2 is 1.91 bits per heavy atom. The molecule has 1 aliphatic heterocycles. The lowest BCUT2D eigenvalue weighted by Crippen LogP contribution is -2.37. The monoisotopic (exact) mass is 495 g/mol. The highest BCUT2D eigenvalue weighted by Crippen LogP contribution is 2.52. The van der Waals surface area contributed by atoms with E-state index in [-0.39, 0.29) is 28.6 Å². The van der Waals surface area contributed by atoms with E-state index >= 15 is 0 Å². The van der Waals surface area contributed by atoms with Crippen LogP contribution in [0, 0.1) is 16.6 Å². The van der Waals surface area contributed by atoms with Crippen LogP contribution in [0.4, 0.5) is 4.39 Å². The van der Waals surface area contributed by atoms with E-state index in [1.54, 1.807) is 37.4 Å². The molecule has 2 aromatic carbocycles. The summed E-state index contributed by atoms with van der Waals surface area (Å²) in [4.78, 5) is 20.0. The minimum Gasteiger partial charge on any atom is -0.493 e. The lowest BCUT2D eigenvalue weighted by Gasteiger charge is -2.39. The van der Waals surface area contributed by atoms with Gasteiger partial charge in [-0.05, 0) is 66.0 Å². The maximum absolute atomic E-state index is 13.5. The minimum absolute atomic E-state index is 0.0405. The van der Waals surface area contributed by atoms with Crippen molar-refractivity contribution < 1.29 is 18.7 Å². The van der Waals surface area contributed by atoms with Crippen molar-refractivity contribution in [1.82, 2.24) is 14.3 Å². The molecule has 0 spiro atoms. The molecule has 6 nitrogen and oxygen atoms in total. The van der Waals surface area contributed by atoms with Gasteiger partial charge >= 0.3 is 0 Å². The first kappa shape index (κ1) is 23.7. The zero-order valence-electron chi connectivity index (χ0n) is 20.5. The summed E-state index contributed by atoms with van der Waals surface area (Å²) in [5, 5.41) is 0.378. The van der Waals surface area contributed by atoms with Crippen LogP contribution in [-0.2, 0) is 6.42 Å². The molecule has 1 amide bonds. The fraction of sp³-hybridized carbons (Fsp3) is 0.444. The molecule has 2 unspecified atom stereocenters. The lowest BCUT2D eigenvalue weighted by molar-refractivity contribution is 0.0708. The van der Waals surface area contributed by atoms with Gasteiger partial charge in [-0.1, -0.05) is 32.9 Å². The zero-order chi connectivity index (χ0) is 24.8. The first-order chi connectivity index (χ1) is 16.6. The van der Waals surface area contributed by atoms with Gasteiger partial charge in [-0.15, -0.1) is 0 Å². The number of aromatic nitrogens is 2. The van der Waals surface area contributed by atoms with Crippen LogP contribution in [0.3, 0.4) is 0 Å². The molecule has 184 valence electrons. The Labute approximate surface area is 209 Å². The van der Waals surface area contributed by atoms with Crippen LogP contribution >= 0.6 is 11.5 Å². The molecule has 0 N–H and O–H groups in total. The van der Waals surface area contributed by atoms with Crippen LogP contribution in [0.5, 0.6) is 16.7 Å². The quantitative estimate of drug-likeness (QED) is 0.413. The summed E-state index contributed by atoms with van der Waals surface area (Å²) in [6.07, 6.45) is 3.72. The molecule has 2 heterocycles. The zero-order valence-corrected chi connectivity index (χ0v) is 21.3. The van der Waals surface area contributed by atoms with E-state index in [0.29, 0.717) is 34.5 Å². The average molecular weight is 496 g/mol. The van der Waals surface area contributed by atoms with Crippen molar-refractivity contribution in [2.75, 3.05) is 13.7 Å². The number of fused-ring (bicyclic) bond motifs is 2. The number of nitrogens with zero attached hydrogens (tertiary/aromatic N) is 3. The highest BCUT2D eigenvalue weighted by Gasteiger charge is 2.51. The molecule has 2 aliphatic rings. The van der Waals surface area contributed by atoms with E-state index in [1.807, 2.05) is 0 Å². The Morgan fingerprint density at radius 1 is 1.14 bits per heavy atom. The highest BCUT2D eigenvalue weighted by molar-refractivity contribution is 7.07. The number of benzene rings is 2. The molecule has 1 saturated heterocycles. The second-order valence-electron chi connectivity index (χ2n) is 10.9. The van der Waals surface area contributed by atoms with Gasteiger partial charge in [-0.25, -0.2) is 4.39 Å². The Morgan fingerprint density at radius 3 is 2.66 bits per heavy atom. The molecule has 35 heavy (non-hydrogen) atoms. The molecule has 2 bridgehead atoms. The predicted molar refractivity (Wildman–Crippen MR) is 133 cm³/mol. The van der Waals surface area contributed by atoms with Crippen molar-refractivity contribution >= 4 is 17.4 Å². The van der Waals surface area contributed by atoms with Crippen molar-refractivity contribution in [1.29, 1.82) is 0 Å². The molecule has 3 aromatic rings. The Hall–Kier alpha value is -3.00. The average Bonchev–Trinajstić information content (AvgIpc) is 3.34. The summed E-state index contributed by atoms with van der Waals surface area (Å²) in [5.41, 5.74) is 1.94. The standard InChI is InChI=1S/C27H30FN3O3S/c1-26(2)13-20-14-27(3,15-26)16-31(20)24(32)18-7-10-21(22(12-18)33-4)34-25-29-23(30-35-25)11-17-5-8-19(28)9-6-17/h5-10,12,20H,11,13-16H2,1-4H3. The normalized spacial score (nSPS) is 22.8. The number of halogens is 1. The summed E-state index contributed by atoms with van der Waals surface area (Å²) >= 11 is 1.14. The van der Waals surface area contributed by atoms with E-state index in [9.17, 15) is 9.18 Å². The smallest absolute Gasteiger partial charge is 0.298 e. The van der Waals surface area contributed by atoms with Crippen molar-refractivity contribution in [3.8, 4) is 16.7 Å². The Balaban J connectivity index is 1.30. The lowest BCUT2D eigenvalue weighted by atomic mass is 9.65. The van der Waals surface area contributed by atoms with Gasteiger partial charge in [0.2, 0.25) is 0 Å². The topological polar surface area (TPSA) is 64.5 Å². The number of methoxy groups -OCH3 is 1. The van der Waals surface area contributed by atoms with Gasteiger partial charge in [0.1, 0.15) is 5.82 Å². The largest absolute Gasteiger partial charge is 0.493 e.